The van der Waals surface area contributed by atoms with Gasteiger partial charge in [-0.25, -0.2) is 0 Å². The summed E-state index contributed by atoms with van der Waals surface area (Å²) in [6.07, 6.45) is -4.77. The lowest BCUT2D eigenvalue weighted by molar-refractivity contribution is -0.191. The fourth-order valence-electron chi connectivity index (χ4n) is 1.51. The van der Waals surface area contributed by atoms with Crippen LogP contribution in [0, 0.1) is 0 Å². The smallest absolute Gasteiger partial charge is 0.327 e. The number of amides is 1. The zero-order chi connectivity index (χ0) is 11.0. The summed E-state index contributed by atoms with van der Waals surface area (Å²) in [5, 5.41) is 2.95. The Bertz CT molecular complexity index is 237. The average molecular weight is 210 g/mol. The first-order valence-corrected chi connectivity index (χ1v) is 4.35. The van der Waals surface area contributed by atoms with Gasteiger partial charge < -0.3 is 10.2 Å². The fourth-order valence-corrected chi connectivity index (χ4v) is 1.51. The Kier molecular flexibility index (Phi) is 2.76. The first-order valence-electron chi connectivity index (χ1n) is 4.35. The van der Waals surface area contributed by atoms with E-state index in [-0.39, 0.29) is 6.54 Å². The maximum Gasteiger partial charge on any atom is 0.471 e. The third-order valence-corrected chi connectivity index (χ3v) is 2.29. The van der Waals surface area contributed by atoms with Crippen molar-refractivity contribution >= 4 is 5.91 Å². The average Bonchev–Trinajstić information content (AvgIpc) is 2.00. The molecule has 0 saturated carbocycles. The van der Waals surface area contributed by atoms with E-state index in [4.69, 9.17) is 0 Å². The SMILES string of the molecule is CC1(C)CNCCN1C(=O)C(F)(F)F. The maximum atomic E-state index is 12.2. The van der Waals surface area contributed by atoms with E-state index in [0.717, 1.165) is 4.90 Å². The predicted octanol–water partition coefficient (Wildman–Crippen LogP) is 0.759. The van der Waals surface area contributed by atoms with Gasteiger partial charge in [0, 0.05) is 19.6 Å². The van der Waals surface area contributed by atoms with Crippen molar-refractivity contribution in [2.75, 3.05) is 19.6 Å². The molecule has 0 aromatic rings. The minimum absolute atomic E-state index is 0.103. The summed E-state index contributed by atoms with van der Waals surface area (Å²) in [5.74, 6) is -1.75. The second-order valence-corrected chi connectivity index (χ2v) is 3.94. The van der Waals surface area contributed by atoms with Gasteiger partial charge in [0.25, 0.3) is 0 Å². The van der Waals surface area contributed by atoms with E-state index in [0.29, 0.717) is 13.1 Å². The minimum Gasteiger partial charge on any atom is -0.327 e. The number of alkyl halides is 3. The van der Waals surface area contributed by atoms with Gasteiger partial charge in [0.05, 0.1) is 5.54 Å². The van der Waals surface area contributed by atoms with Gasteiger partial charge in [-0.05, 0) is 13.8 Å². The summed E-state index contributed by atoms with van der Waals surface area (Å²) in [6.45, 7) is 4.12. The highest BCUT2D eigenvalue weighted by atomic mass is 19.4. The molecule has 3 nitrogen and oxygen atoms in total. The zero-order valence-electron chi connectivity index (χ0n) is 8.11. The van der Waals surface area contributed by atoms with Crippen molar-refractivity contribution < 1.29 is 18.0 Å². The van der Waals surface area contributed by atoms with Gasteiger partial charge in [0.15, 0.2) is 0 Å². The molecule has 82 valence electrons. The van der Waals surface area contributed by atoms with Crippen LogP contribution in [0.1, 0.15) is 13.8 Å². The molecule has 0 atom stereocenters. The molecule has 6 heteroatoms. The first kappa shape index (κ1) is 11.3. The van der Waals surface area contributed by atoms with Crippen LogP contribution in [0.2, 0.25) is 0 Å². The highest BCUT2D eigenvalue weighted by Gasteiger charge is 2.47. The summed E-state index contributed by atoms with van der Waals surface area (Å²) in [4.78, 5) is 11.9. The molecule has 0 radical (unpaired) electrons. The van der Waals surface area contributed by atoms with Crippen LogP contribution in [0.15, 0.2) is 0 Å². The Labute approximate surface area is 80.3 Å². The second kappa shape index (κ2) is 3.42. The molecule has 0 spiro atoms. The van der Waals surface area contributed by atoms with Crippen LogP contribution in [0.3, 0.4) is 0 Å². The lowest BCUT2D eigenvalue weighted by atomic mass is 10.00. The number of hydrogen-bond acceptors (Lipinski definition) is 2. The Morgan fingerprint density at radius 1 is 1.43 bits per heavy atom. The molecule has 1 heterocycles. The van der Waals surface area contributed by atoms with Crippen LogP contribution >= 0.6 is 0 Å². The summed E-state index contributed by atoms with van der Waals surface area (Å²) in [5.41, 5.74) is -0.773. The van der Waals surface area contributed by atoms with Crippen molar-refractivity contribution in [3.63, 3.8) is 0 Å². The number of nitrogens with one attached hydrogen (secondary N) is 1. The van der Waals surface area contributed by atoms with Gasteiger partial charge in [-0.15, -0.1) is 0 Å². The highest BCUT2D eigenvalue weighted by molar-refractivity contribution is 5.82. The number of halogens is 3. The third-order valence-electron chi connectivity index (χ3n) is 2.29. The van der Waals surface area contributed by atoms with Crippen molar-refractivity contribution in [2.24, 2.45) is 0 Å². The lowest BCUT2D eigenvalue weighted by Crippen LogP contribution is -2.62. The van der Waals surface area contributed by atoms with E-state index in [1.807, 2.05) is 0 Å². The van der Waals surface area contributed by atoms with E-state index in [1.54, 1.807) is 13.8 Å². The molecule has 1 N–H and O–H groups in total. The quantitative estimate of drug-likeness (QED) is 0.640. The van der Waals surface area contributed by atoms with Gasteiger partial charge in [-0.3, -0.25) is 4.79 Å². The molecule has 1 aliphatic rings. The Morgan fingerprint density at radius 3 is 2.43 bits per heavy atom. The summed E-state index contributed by atoms with van der Waals surface area (Å²) >= 11 is 0. The van der Waals surface area contributed by atoms with Gasteiger partial charge in [-0.1, -0.05) is 0 Å². The van der Waals surface area contributed by atoms with E-state index < -0.39 is 17.6 Å². The number of hydrogen-bond donors (Lipinski definition) is 1. The molecular weight excluding hydrogens is 197 g/mol. The van der Waals surface area contributed by atoms with Crippen LogP contribution in [-0.2, 0) is 4.79 Å². The maximum absolute atomic E-state index is 12.2. The Balaban J connectivity index is 2.80. The molecule has 14 heavy (non-hydrogen) atoms. The molecule has 1 rings (SSSR count). The van der Waals surface area contributed by atoms with Crippen LogP contribution in [0.5, 0.6) is 0 Å². The zero-order valence-corrected chi connectivity index (χ0v) is 8.11. The molecule has 0 aromatic heterocycles. The molecule has 0 bridgehead atoms. The van der Waals surface area contributed by atoms with E-state index in [1.165, 1.54) is 0 Å². The molecule has 1 amide bonds. The third kappa shape index (κ3) is 2.17. The number of carbonyl (C=O) groups is 1. The monoisotopic (exact) mass is 210 g/mol. The van der Waals surface area contributed by atoms with Crippen molar-refractivity contribution in [2.45, 2.75) is 25.6 Å². The Morgan fingerprint density at radius 2 is 2.00 bits per heavy atom. The largest absolute Gasteiger partial charge is 0.471 e. The topological polar surface area (TPSA) is 32.3 Å². The van der Waals surface area contributed by atoms with Crippen molar-refractivity contribution in [3.05, 3.63) is 0 Å². The second-order valence-electron chi connectivity index (χ2n) is 3.94. The number of rotatable bonds is 0. The predicted molar refractivity (Wildman–Crippen MR) is 44.7 cm³/mol. The van der Waals surface area contributed by atoms with Crippen molar-refractivity contribution in [1.82, 2.24) is 10.2 Å². The molecule has 1 aliphatic heterocycles. The number of nitrogens with zero attached hydrogens (tertiary/aromatic N) is 1. The van der Waals surface area contributed by atoms with Crippen LogP contribution in [-0.4, -0.2) is 42.2 Å². The number of carbonyl (C=O) groups excluding carboxylic acids is 1. The first-order chi connectivity index (χ1) is 6.25. The molecule has 0 aromatic carbocycles. The number of piperazine rings is 1. The van der Waals surface area contributed by atoms with Crippen LogP contribution in [0.25, 0.3) is 0 Å². The normalized spacial score (nSPS) is 22.2. The summed E-state index contributed by atoms with van der Waals surface area (Å²) < 4.78 is 36.5. The van der Waals surface area contributed by atoms with Crippen LogP contribution < -0.4 is 5.32 Å². The lowest BCUT2D eigenvalue weighted by Gasteiger charge is -2.42. The van der Waals surface area contributed by atoms with Gasteiger partial charge in [0.2, 0.25) is 0 Å². The van der Waals surface area contributed by atoms with E-state index in [2.05, 4.69) is 5.32 Å². The molecule has 0 unspecified atom stereocenters. The van der Waals surface area contributed by atoms with Crippen LogP contribution in [0.4, 0.5) is 13.2 Å². The van der Waals surface area contributed by atoms with Crippen molar-refractivity contribution in [3.8, 4) is 0 Å². The minimum atomic E-state index is -4.77. The summed E-state index contributed by atoms with van der Waals surface area (Å²) in [6, 6.07) is 0. The van der Waals surface area contributed by atoms with Gasteiger partial charge in [-0.2, -0.15) is 13.2 Å². The molecule has 1 fully saturated rings. The summed E-state index contributed by atoms with van der Waals surface area (Å²) in [7, 11) is 0. The molecule has 1 saturated heterocycles. The van der Waals surface area contributed by atoms with Gasteiger partial charge >= 0.3 is 12.1 Å². The van der Waals surface area contributed by atoms with E-state index in [9.17, 15) is 18.0 Å². The Hall–Kier alpha value is -0.780. The highest BCUT2D eigenvalue weighted by Crippen LogP contribution is 2.25. The molecular formula is C8H13F3N2O. The fraction of sp³-hybridized carbons (Fsp3) is 0.875. The van der Waals surface area contributed by atoms with Gasteiger partial charge in [0.1, 0.15) is 0 Å². The standard InChI is InChI=1S/C8H13F3N2O/c1-7(2)5-12-3-4-13(7)6(14)8(9,10)11/h12H,3-5H2,1-2H3. The van der Waals surface area contributed by atoms with Crippen molar-refractivity contribution in [1.29, 1.82) is 0 Å². The van der Waals surface area contributed by atoms with E-state index >= 15 is 0 Å². The molecule has 0 aliphatic carbocycles.